The van der Waals surface area contributed by atoms with Gasteiger partial charge in [0.2, 0.25) is 5.91 Å². The Morgan fingerprint density at radius 1 is 1.13 bits per heavy atom. The molecule has 2 aliphatic rings. The average molecular weight is 319 g/mol. The molecule has 0 bridgehead atoms. The highest BCUT2D eigenvalue weighted by Gasteiger charge is 2.52. The number of halogens is 1. The van der Waals surface area contributed by atoms with E-state index >= 15 is 0 Å². The first kappa shape index (κ1) is 16.5. The molecule has 1 heterocycles. The van der Waals surface area contributed by atoms with Crippen molar-refractivity contribution in [2.24, 2.45) is 5.41 Å². The van der Waals surface area contributed by atoms with E-state index in [4.69, 9.17) is 9.31 Å². The number of benzene rings is 1. The molecule has 124 valence electrons. The predicted octanol–water partition coefficient (Wildman–Crippen LogP) is 2.86. The zero-order valence-corrected chi connectivity index (χ0v) is 14.3. The molecule has 23 heavy (non-hydrogen) atoms. The van der Waals surface area contributed by atoms with E-state index in [1.807, 2.05) is 34.6 Å². The fourth-order valence-electron chi connectivity index (χ4n) is 2.49. The molecule has 1 amide bonds. The largest absolute Gasteiger partial charge is 0.497 e. The molecule has 2 fully saturated rings. The minimum absolute atomic E-state index is 0.137. The van der Waals surface area contributed by atoms with Gasteiger partial charge in [-0.05, 0) is 46.6 Å². The van der Waals surface area contributed by atoms with Gasteiger partial charge in [-0.25, -0.2) is 4.39 Å². The van der Waals surface area contributed by atoms with E-state index in [0.29, 0.717) is 5.46 Å². The SMILES string of the molecule is CC1(C(=O)Nc2cccc(B3OC(C)(C)C(C)(C)O3)c2F)CC1. The Kier molecular flexibility index (Phi) is 3.61. The lowest BCUT2D eigenvalue weighted by Crippen LogP contribution is -2.41. The maximum Gasteiger partial charge on any atom is 0.497 e. The van der Waals surface area contributed by atoms with E-state index < -0.39 is 24.1 Å². The van der Waals surface area contributed by atoms with Gasteiger partial charge in [0, 0.05) is 10.9 Å². The van der Waals surface area contributed by atoms with Crippen molar-refractivity contribution in [3.05, 3.63) is 24.0 Å². The van der Waals surface area contributed by atoms with E-state index in [-0.39, 0.29) is 17.0 Å². The van der Waals surface area contributed by atoms with Crippen LogP contribution >= 0.6 is 0 Å². The normalized spacial score (nSPS) is 23.7. The fourth-order valence-corrected chi connectivity index (χ4v) is 2.49. The van der Waals surface area contributed by atoms with Crippen LogP contribution in [0.15, 0.2) is 18.2 Å². The summed E-state index contributed by atoms with van der Waals surface area (Å²) in [5.41, 5.74) is -0.944. The van der Waals surface area contributed by atoms with Crippen molar-refractivity contribution in [2.45, 2.75) is 58.7 Å². The number of amides is 1. The molecule has 6 heteroatoms. The van der Waals surface area contributed by atoms with Gasteiger partial charge in [-0.15, -0.1) is 0 Å². The minimum Gasteiger partial charge on any atom is -0.399 e. The second-order valence-corrected chi connectivity index (χ2v) is 7.81. The summed E-state index contributed by atoms with van der Waals surface area (Å²) in [6.07, 6.45) is 1.69. The van der Waals surface area contributed by atoms with Crippen molar-refractivity contribution in [3.63, 3.8) is 0 Å². The van der Waals surface area contributed by atoms with Gasteiger partial charge in [-0.2, -0.15) is 0 Å². The second-order valence-electron chi connectivity index (χ2n) is 7.81. The highest BCUT2D eigenvalue weighted by molar-refractivity contribution is 6.62. The predicted molar refractivity (Wildman–Crippen MR) is 88.1 cm³/mol. The quantitative estimate of drug-likeness (QED) is 0.872. The minimum atomic E-state index is -0.784. The summed E-state index contributed by atoms with van der Waals surface area (Å²) in [7, 11) is -0.784. The summed E-state index contributed by atoms with van der Waals surface area (Å²) >= 11 is 0. The molecule has 0 radical (unpaired) electrons. The molecule has 1 saturated carbocycles. The molecule has 0 spiro atoms. The van der Waals surface area contributed by atoms with Gasteiger partial charge >= 0.3 is 7.12 Å². The topological polar surface area (TPSA) is 47.6 Å². The Morgan fingerprint density at radius 3 is 2.22 bits per heavy atom. The van der Waals surface area contributed by atoms with Crippen molar-refractivity contribution in [1.82, 2.24) is 0 Å². The first-order valence-corrected chi connectivity index (χ1v) is 8.01. The van der Waals surface area contributed by atoms with Crippen molar-refractivity contribution < 1.29 is 18.5 Å². The molecule has 1 aliphatic carbocycles. The van der Waals surface area contributed by atoms with E-state index in [1.54, 1.807) is 18.2 Å². The molecule has 0 atom stereocenters. The van der Waals surface area contributed by atoms with Crippen molar-refractivity contribution >= 4 is 24.2 Å². The Labute approximate surface area is 136 Å². The molecular weight excluding hydrogens is 296 g/mol. The Morgan fingerprint density at radius 2 is 1.70 bits per heavy atom. The lowest BCUT2D eigenvalue weighted by atomic mass is 9.78. The standard InChI is InChI=1S/C17H23BFNO3/c1-15(2)16(3,4)23-18(22-15)11-7-6-8-12(13(11)19)20-14(21)17(5)9-10-17/h6-8H,9-10H2,1-5H3,(H,20,21). The van der Waals surface area contributed by atoms with Crippen LogP contribution in [0.4, 0.5) is 10.1 Å². The zero-order chi connectivity index (χ0) is 17.0. The van der Waals surface area contributed by atoms with E-state index in [2.05, 4.69) is 5.32 Å². The van der Waals surface area contributed by atoms with E-state index in [0.717, 1.165) is 12.8 Å². The average Bonchev–Trinajstić information content (AvgIpc) is 3.14. The van der Waals surface area contributed by atoms with Gasteiger partial charge in [0.25, 0.3) is 0 Å². The molecule has 3 rings (SSSR count). The van der Waals surface area contributed by atoms with Crippen molar-refractivity contribution in [3.8, 4) is 0 Å². The van der Waals surface area contributed by atoms with Gasteiger partial charge in [0.05, 0.1) is 16.9 Å². The molecule has 1 saturated heterocycles. The zero-order valence-electron chi connectivity index (χ0n) is 14.3. The number of anilines is 1. The third-order valence-corrected chi connectivity index (χ3v) is 5.33. The smallest absolute Gasteiger partial charge is 0.399 e. The van der Waals surface area contributed by atoms with Crippen LogP contribution in [0.25, 0.3) is 0 Å². The van der Waals surface area contributed by atoms with Crippen molar-refractivity contribution in [1.29, 1.82) is 0 Å². The van der Waals surface area contributed by atoms with Gasteiger partial charge < -0.3 is 14.6 Å². The molecule has 0 aromatic heterocycles. The summed E-state index contributed by atoms with van der Waals surface area (Å²) in [6.45, 7) is 9.57. The summed E-state index contributed by atoms with van der Waals surface area (Å²) in [5, 5.41) is 2.69. The summed E-state index contributed by atoms with van der Waals surface area (Å²) < 4.78 is 26.6. The van der Waals surface area contributed by atoms with Crippen LogP contribution in [0.1, 0.15) is 47.5 Å². The van der Waals surface area contributed by atoms with Crippen LogP contribution in [0.2, 0.25) is 0 Å². The Balaban J connectivity index is 1.85. The Bertz CT molecular complexity index is 639. The van der Waals surface area contributed by atoms with Crippen LogP contribution in [0, 0.1) is 11.2 Å². The first-order chi connectivity index (χ1) is 10.6. The Hall–Kier alpha value is -1.40. The van der Waals surface area contributed by atoms with Crippen LogP contribution in [-0.2, 0) is 14.1 Å². The monoisotopic (exact) mass is 319 g/mol. The third-order valence-electron chi connectivity index (χ3n) is 5.33. The van der Waals surface area contributed by atoms with Crippen LogP contribution in [-0.4, -0.2) is 24.2 Å². The molecule has 1 aromatic carbocycles. The van der Waals surface area contributed by atoms with Crippen LogP contribution in [0.3, 0.4) is 0 Å². The van der Waals surface area contributed by atoms with Crippen LogP contribution < -0.4 is 10.8 Å². The number of nitrogens with one attached hydrogen (secondary N) is 1. The summed E-state index contributed by atoms with van der Waals surface area (Å²) in [4.78, 5) is 12.1. The lowest BCUT2D eigenvalue weighted by Gasteiger charge is -2.32. The lowest BCUT2D eigenvalue weighted by molar-refractivity contribution is -0.120. The molecule has 4 nitrogen and oxygen atoms in total. The van der Waals surface area contributed by atoms with Crippen molar-refractivity contribution in [2.75, 3.05) is 5.32 Å². The number of hydrogen-bond acceptors (Lipinski definition) is 3. The molecule has 1 aliphatic heterocycles. The van der Waals surface area contributed by atoms with E-state index in [1.165, 1.54) is 0 Å². The number of rotatable bonds is 3. The van der Waals surface area contributed by atoms with Crippen LogP contribution in [0.5, 0.6) is 0 Å². The van der Waals surface area contributed by atoms with Gasteiger partial charge in [-0.3, -0.25) is 4.79 Å². The maximum atomic E-state index is 14.8. The summed E-state index contributed by atoms with van der Waals surface area (Å²) in [5.74, 6) is -0.633. The fraction of sp³-hybridized carbons (Fsp3) is 0.588. The molecule has 1 aromatic rings. The summed E-state index contributed by atoms with van der Waals surface area (Å²) in [6, 6.07) is 4.90. The number of hydrogen-bond donors (Lipinski definition) is 1. The van der Waals surface area contributed by atoms with Gasteiger partial charge in [-0.1, -0.05) is 19.1 Å². The van der Waals surface area contributed by atoms with E-state index in [9.17, 15) is 9.18 Å². The highest BCUT2D eigenvalue weighted by atomic mass is 19.1. The van der Waals surface area contributed by atoms with Gasteiger partial charge in [0.15, 0.2) is 0 Å². The number of carbonyl (C=O) groups excluding carboxylic acids is 1. The second kappa shape index (κ2) is 5.05. The maximum absolute atomic E-state index is 14.8. The molecule has 0 unspecified atom stereocenters. The molecule has 1 N–H and O–H groups in total. The first-order valence-electron chi connectivity index (χ1n) is 8.01. The van der Waals surface area contributed by atoms with Gasteiger partial charge in [0.1, 0.15) is 5.82 Å². The molecular formula is C17H23BFNO3. The third kappa shape index (κ3) is 2.79. The number of carbonyl (C=O) groups is 1. The highest BCUT2D eigenvalue weighted by Crippen LogP contribution is 2.45.